The van der Waals surface area contributed by atoms with Crippen LogP contribution < -0.4 is 5.32 Å². The van der Waals surface area contributed by atoms with E-state index in [1.54, 1.807) is 14.0 Å². The molecule has 0 rings (SSSR count). The molecule has 0 heterocycles. The fourth-order valence-electron chi connectivity index (χ4n) is 0.369. The molecule has 0 unspecified atom stereocenters. The molecule has 0 amide bonds. The smallest absolute Gasteiger partial charge is 0.333 e. The molecule has 3 nitrogen and oxygen atoms in total. The van der Waals surface area contributed by atoms with Crippen LogP contribution in [0.25, 0.3) is 0 Å². The Labute approximate surface area is 73.2 Å². The zero-order valence-electron chi connectivity index (χ0n) is 6.85. The highest BCUT2D eigenvalue weighted by atomic mass is 35.5. The van der Waals surface area contributed by atoms with Crippen molar-refractivity contribution in [2.75, 3.05) is 20.2 Å². The van der Waals surface area contributed by atoms with Gasteiger partial charge in [0.2, 0.25) is 0 Å². The maximum absolute atomic E-state index is 10.7. The lowest BCUT2D eigenvalue weighted by atomic mass is 10.4. The van der Waals surface area contributed by atoms with Gasteiger partial charge in [0, 0.05) is 12.1 Å². The number of likely N-dealkylation sites (N-methyl/N-ethyl adjacent to an activating group) is 1. The van der Waals surface area contributed by atoms with Crippen LogP contribution in [0.3, 0.4) is 0 Å². The molecule has 4 heteroatoms. The second kappa shape index (κ2) is 7.57. The summed E-state index contributed by atoms with van der Waals surface area (Å²) in [6.07, 6.45) is 0. The van der Waals surface area contributed by atoms with Crippen molar-refractivity contribution < 1.29 is 9.53 Å². The summed E-state index contributed by atoms with van der Waals surface area (Å²) in [6.45, 7) is 6.15. The van der Waals surface area contributed by atoms with Crippen molar-refractivity contribution >= 4 is 18.4 Å². The number of carbonyl (C=O) groups excluding carboxylic acids is 1. The quantitative estimate of drug-likeness (QED) is 0.393. The third kappa shape index (κ3) is 7.36. The first kappa shape index (κ1) is 13.1. The monoisotopic (exact) mass is 179 g/mol. The van der Waals surface area contributed by atoms with Gasteiger partial charge >= 0.3 is 5.97 Å². The summed E-state index contributed by atoms with van der Waals surface area (Å²) in [5, 5.41) is 2.86. The number of hydrogen-bond acceptors (Lipinski definition) is 3. The number of nitrogens with one attached hydrogen (secondary N) is 1. The van der Waals surface area contributed by atoms with E-state index in [1.807, 2.05) is 0 Å². The molecule has 66 valence electrons. The van der Waals surface area contributed by atoms with Gasteiger partial charge in [0.25, 0.3) is 0 Å². The van der Waals surface area contributed by atoms with Crippen LogP contribution >= 0.6 is 12.4 Å². The summed E-state index contributed by atoms with van der Waals surface area (Å²) >= 11 is 0. The van der Waals surface area contributed by atoms with E-state index >= 15 is 0 Å². The Kier molecular flexibility index (Phi) is 9.00. The van der Waals surface area contributed by atoms with E-state index in [9.17, 15) is 4.79 Å². The van der Waals surface area contributed by atoms with E-state index in [2.05, 4.69) is 11.9 Å². The summed E-state index contributed by atoms with van der Waals surface area (Å²) in [5.74, 6) is -0.324. The van der Waals surface area contributed by atoms with Crippen LogP contribution in [0, 0.1) is 0 Å². The first-order valence-corrected chi connectivity index (χ1v) is 3.15. The largest absolute Gasteiger partial charge is 0.461 e. The number of hydrogen-bond donors (Lipinski definition) is 1. The second-order valence-corrected chi connectivity index (χ2v) is 2.02. The average molecular weight is 180 g/mol. The molecule has 0 aromatic heterocycles. The third-order valence-electron chi connectivity index (χ3n) is 0.934. The number of ether oxygens (including phenoxy) is 1. The standard InChI is InChI=1S/C7H13NO2.ClH/c1-6(2)7(9)10-5-4-8-3;/h8H,1,4-5H2,2-3H3;1H. The van der Waals surface area contributed by atoms with E-state index < -0.39 is 0 Å². The van der Waals surface area contributed by atoms with Crippen molar-refractivity contribution in [1.82, 2.24) is 5.32 Å². The Morgan fingerprint density at radius 2 is 2.18 bits per heavy atom. The zero-order chi connectivity index (χ0) is 7.98. The van der Waals surface area contributed by atoms with Crippen molar-refractivity contribution in [3.63, 3.8) is 0 Å². The van der Waals surface area contributed by atoms with Crippen molar-refractivity contribution in [2.24, 2.45) is 0 Å². The van der Waals surface area contributed by atoms with Gasteiger partial charge in [-0.25, -0.2) is 4.79 Å². The van der Waals surface area contributed by atoms with Gasteiger partial charge in [-0.15, -0.1) is 12.4 Å². The molecule has 0 aliphatic carbocycles. The molecule has 0 saturated carbocycles. The molecule has 0 saturated heterocycles. The predicted molar refractivity (Wildman–Crippen MR) is 46.9 cm³/mol. The zero-order valence-corrected chi connectivity index (χ0v) is 7.66. The number of halogens is 1. The van der Waals surface area contributed by atoms with Crippen LogP contribution in [0.15, 0.2) is 12.2 Å². The lowest BCUT2D eigenvalue weighted by molar-refractivity contribution is -0.138. The van der Waals surface area contributed by atoms with Gasteiger partial charge in [0.15, 0.2) is 0 Å². The Balaban J connectivity index is 0. The summed E-state index contributed by atoms with van der Waals surface area (Å²) in [7, 11) is 1.80. The fraction of sp³-hybridized carbons (Fsp3) is 0.571. The molecule has 0 atom stereocenters. The fourth-order valence-corrected chi connectivity index (χ4v) is 0.369. The SMILES string of the molecule is C=C(C)C(=O)OCCNC.Cl. The topological polar surface area (TPSA) is 38.3 Å². The van der Waals surface area contributed by atoms with E-state index in [-0.39, 0.29) is 18.4 Å². The molecule has 0 spiro atoms. The molecule has 0 bridgehead atoms. The average Bonchev–Trinajstić information content (AvgIpc) is 1.88. The Morgan fingerprint density at radius 3 is 2.55 bits per heavy atom. The first-order valence-electron chi connectivity index (χ1n) is 3.15. The lowest BCUT2D eigenvalue weighted by Gasteiger charge is -2.01. The highest BCUT2D eigenvalue weighted by Crippen LogP contribution is 1.89. The van der Waals surface area contributed by atoms with Gasteiger partial charge in [0.05, 0.1) is 0 Å². The Bertz CT molecular complexity index is 136. The molecular weight excluding hydrogens is 166 g/mol. The maximum atomic E-state index is 10.7. The normalized spacial score (nSPS) is 8.18. The van der Waals surface area contributed by atoms with Crippen LogP contribution in [-0.2, 0) is 9.53 Å². The van der Waals surface area contributed by atoms with Crippen LogP contribution in [-0.4, -0.2) is 26.2 Å². The van der Waals surface area contributed by atoms with Crippen LogP contribution in [0.5, 0.6) is 0 Å². The van der Waals surface area contributed by atoms with Crippen LogP contribution in [0.2, 0.25) is 0 Å². The molecule has 0 radical (unpaired) electrons. The van der Waals surface area contributed by atoms with Crippen molar-refractivity contribution in [2.45, 2.75) is 6.92 Å². The van der Waals surface area contributed by atoms with Crippen LogP contribution in [0.1, 0.15) is 6.92 Å². The molecule has 0 aliphatic heterocycles. The van der Waals surface area contributed by atoms with E-state index in [1.165, 1.54) is 0 Å². The minimum Gasteiger partial charge on any atom is -0.461 e. The molecule has 0 aromatic rings. The summed E-state index contributed by atoms with van der Waals surface area (Å²) in [5.41, 5.74) is 0.441. The summed E-state index contributed by atoms with van der Waals surface area (Å²) in [6, 6.07) is 0. The highest BCUT2D eigenvalue weighted by molar-refractivity contribution is 5.86. The Morgan fingerprint density at radius 1 is 1.64 bits per heavy atom. The Hall–Kier alpha value is -0.540. The van der Waals surface area contributed by atoms with Gasteiger partial charge in [-0.1, -0.05) is 6.58 Å². The second-order valence-electron chi connectivity index (χ2n) is 2.02. The van der Waals surface area contributed by atoms with Crippen molar-refractivity contribution in [3.8, 4) is 0 Å². The van der Waals surface area contributed by atoms with Crippen LogP contribution in [0.4, 0.5) is 0 Å². The van der Waals surface area contributed by atoms with Crippen molar-refractivity contribution in [1.29, 1.82) is 0 Å². The minimum absolute atomic E-state index is 0. The molecular formula is C7H14ClNO2. The molecule has 0 aromatic carbocycles. The minimum atomic E-state index is -0.324. The van der Waals surface area contributed by atoms with Gasteiger partial charge in [-0.2, -0.15) is 0 Å². The molecule has 0 fully saturated rings. The van der Waals surface area contributed by atoms with E-state index in [0.717, 1.165) is 0 Å². The first-order chi connectivity index (χ1) is 4.68. The highest BCUT2D eigenvalue weighted by Gasteiger charge is 2.00. The summed E-state index contributed by atoms with van der Waals surface area (Å²) in [4.78, 5) is 10.7. The molecule has 1 N–H and O–H groups in total. The number of esters is 1. The third-order valence-corrected chi connectivity index (χ3v) is 0.934. The van der Waals surface area contributed by atoms with E-state index in [4.69, 9.17) is 4.74 Å². The van der Waals surface area contributed by atoms with Gasteiger partial charge in [-0.3, -0.25) is 0 Å². The summed E-state index contributed by atoms with van der Waals surface area (Å²) < 4.78 is 4.74. The molecule has 0 aliphatic rings. The van der Waals surface area contributed by atoms with Gasteiger partial charge in [0.1, 0.15) is 6.61 Å². The van der Waals surface area contributed by atoms with E-state index in [0.29, 0.717) is 18.7 Å². The number of carbonyl (C=O) groups is 1. The maximum Gasteiger partial charge on any atom is 0.333 e. The van der Waals surface area contributed by atoms with Crippen molar-refractivity contribution in [3.05, 3.63) is 12.2 Å². The molecule has 11 heavy (non-hydrogen) atoms. The lowest BCUT2D eigenvalue weighted by Crippen LogP contribution is -2.17. The van der Waals surface area contributed by atoms with Gasteiger partial charge < -0.3 is 10.1 Å². The predicted octanol–water partition coefficient (Wildman–Crippen LogP) is 0.747. The van der Waals surface area contributed by atoms with Gasteiger partial charge in [-0.05, 0) is 14.0 Å². The number of rotatable bonds is 4.